The van der Waals surface area contributed by atoms with Crippen LogP contribution in [0.4, 0.5) is 0 Å². The molecule has 1 amide bonds. The lowest BCUT2D eigenvalue weighted by Crippen LogP contribution is -2.34. The van der Waals surface area contributed by atoms with Gasteiger partial charge in [0.1, 0.15) is 0 Å². The fourth-order valence-electron chi connectivity index (χ4n) is 2.10. The lowest BCUT2D eigenvalue weighted by Gasteiger charge is -2.11. The molecule has 112 valence electrons. The van der Waals surface area contributed by atoms with E-state index in [1.54, 1.807) is 11.6 Å². The van der Waals surface area contributed by atoms with Crippen LogP contribution in [-0.4, -0.2) is 33.2 Å². The molecule has 1 aliphatic heterocycles. The van der Waals surface area contributed by atoms with Gasteiger partial charge in [-0.1, -0.05) is 30.0 Å². The molecule has 0 radical (unpaired) electrons. The average Bonchev–Trinajstić information content (AvgIpc) is 3.01. The van der Waals surface area contributed by atoms with Crippen LogP contribution >= 0.6 is 11.8 Å². The van der Waals surface area contributed by atoms with E-state index in [0.717, 1.165) is 11.4 Å². The van der Waals surface area contributed by atoms with E-state index in [4.69, 9.17) is 0 Å². The number of hydrogen-bond donors (Lipinski definition) is 1. The van der Waals surface area contributed by atoms with Gasteiger partial charge in [0.05, 0.1) is 12.2 Å². The fraction of sp³-hybridized carbons (Fsp3) is 0.200. The third-order valence-corrected chi connectivity index (χ3v) is 4.02. The van der Waals surface area contributed by atoms with Gasteiger partial charge in [-0.05, 0) is 19.1 Å². The zero-order valence-electron chi connectivity index (χ0n) is 11.9. The van der Waals surface area contributed by atoms with Gasteiger partial charge in [-0.25, -0.2) is 4.68 Å². The summed E-state index contributed by atoms with van der Waals surface area (Å²) < 4.78 is 1.58. The third-order valence-electron chi connectivity index (χ3n) is 3.13. The van der Waals surface area contributed by atoms with Crippen LogP contribution in [0.5, 0.6) is 0 Å². The number of aliphatic imine (C=N–C) groups is 1. The van der Waals surface area contributed by atoms with Crippen LogP contribution in [0, 0.1) is 6.92 Å². The molecular weight excluding hydrogens is 300 g/mol. The van der Waals surface area contributed by atoms with E-state index >= 15 is 0 Å². The summed E-state index contributed by atoms with van der Waals surface area (Å²) in [4.78, 5) is 28.4. The molecule has 0 bridgehead atoms. The lowest BCUT2D eigenvalue weighted by molar-refractivity contribution is 0.0970. The SMILES string of the molecule is Cc1cc(=O)c(C(=O)NC2=NCCS2)nn1-c1ccccc1. The first-order chi connectivity index (χ1) is 10.6. The second-order valence-electron chi connectivity index (χ2n) is 4.74. The predicted molar refractivity (Wildman–Crippen MR) is 86.8 cm³/mol. The Morgan fingerprint density at radius 2 is 2.09 bits per heavy atom. The molecule has 22 heavy (non-hydrogen) atoms. The minimum Gasteiger partial charge on any atom is -0.300 e. The Bertz CT molecular complexity index is 799. The largest absolute Gasteiger partial charge is 0.300 e. The van der Waals surface area contributed by atoms with Crippen LogP contribution in [-0.2, 0) is 0 Å². The number of amides is 1. The van der Waals surface area contributed by atoms with Crippen molar-refractivity contribution in [2.75, 3.05) is 12.3 Å². The van der Waals surface area contributed by atoms with E-state index in [0.29, 0.717) is 17.4 Å². The smallest absolute Gasteiger partial charge is 0.281 e. The zero-order chi connectivity index (χ0) is 15.5. The molecule has 3 rings (SSSR count). The molecule has 0 fully saturated rings. The van der Waals surface area contributed by atoms with Crippen molar-refractivity contribution in [3.05, 3.63) is 58.0 Å². The van der Waals surface area contributed by atoms with Gasteiger partial charge in [-0.15, -0.1) is 0 Å². The maximum Gasteiger partial charge on any atom is 0.281 e. The van der Waals surface area contributed by atoms with Gasteiger partial charge in [0.15, 0.2) is 10.9 Å². The van der Waals surface area contributed by atoms with Crippen molar-refractivity contribution in [3.63, 3.8) is 0 Å². The van der Waals surface area contributed by atoms with Crippen LogP contribution in [0.15, 0.2) is 46.2 Å². The Hall–Kier alpha value is -2.41. The molecule has 0 aliphatic carbocycles. The van der Waals surface area contributed by atoms with Gasteiger partial charge < -0.3 is 0 Å². The first-order valence-corrected chi connectivity index (χ1v) is 7.79. The lowest BCUT2D eigenvalue weighted by atomic mass is 10.3. The number of amidine groups is 1. The molecule has 2 heterocycles. The number of hydrogen-bond acceptors (Lipinski definition) is 5. The highest BCUT2D eigenvalue weighted by atomic mass is 32.2. The molecule has 0 atom stereocenters. The van der Waals surface area contributed by atoms with E-state index in [2.05, 4.69) is 15.4 Å². The van der Waals surface area contributed by atoms with Crippen molar-refractivity contribution >= 4 is 22.8 Å². The number of rotatable bonds is 2. The van der Waals surface area contributed by atoms with E-state index < -0.39 is 11.3 Å². The molecule has 0 spiro atoms. The number of para-hydroxylation sites is 1. The molecule has 0 unspecified atom stereocenters. The standard InChI is InChI=1S/C15H14N4O2S/c1-10-9-12(20)13(14(21)17-15-16-7-8-22-15)18-19(10)11-5-3-2-4-6-11/h2-6,9H,7-8H2,1H3,(H,16,17,21). The summed E-state index contributed by atoms with van der Waals surface area (Å²) in [7, 11) is 0. The molecule has 1 aromatic heterocycles. The Labute approximate surface area is 131 Å². The molecule has 2 aromatic rings. The van der Waals surface area contributed by atoms with Crippen LogP contribution in [0.3, 0.4) is 0 Å². The Morgan fingerprint density at radius 1 is 1.32 bits per heavy atom. The summed E-state index contributed by atoms with van der Waals surface area (Å²) in [6, 6.07) is 10.8. The van der Waals surface area contributed by atoms with Crippen molar-refractivity contribution < 1.29 is 4.79 Å². The molecule has 1 aromatic carbocycles. The summed E-state index contributed by atoms with van der Waals surface area (Å²) in [6.07, 6.45) is 0. The monoisotopic (exact) mass is 314 g/mol. The second-order valence-corrected chi connectivity index (χ2v) is 5.82. The highest BCUT2D eigenvalue weighted by Gasteiger charge is 2.18. The number of nitrogens with one attached hydrogen (secondary N) is 1. The Balaban J connectivity index is 1.98. The number of aromatic nitrogens is 2. The third kappa shape index (κ3) is 2.94. The summed E-state index contributed by atoms with van der Waals surface area (Å²) in [5.41, 5.74) is 0.928. The first-order valence-electron chi connectivity index (χ1n) is 6.80. The van der Waals surface area contributed by atoms with E-state index in [1.165, 1.54) is 17.8 Å². The fourth-order valence-corrected chi connectivity index (χ4v) is 2.83. The van der Waals surface area contributed by atoms with Crippen LogP contribution in [0.25, 0.3) is 5.69 Å². The van der Waals surface area contributed by atoms with E-state index in [-0.39, 0.29) is 5.69 Å². The highest BCUT2D eigenvalue weighted by Crippen LogP contribution is 2.10. The maximum atomic E-state index is 12.2. The predicted octanol–water partition coefficient (Wildman–Crippen LogP) is 1.37. The number of carbonyl (C=O) groups is 1. The van der Waals surface area contributed by atoms with Gasteiger partial charge in [0.2, 0.25) is 5.43 Å². The minimum atomic E-state index is -0.525. The topological polar surface area (TPSA) is 76.3 Å². The molecule has 7 heteroatoms. The molecule has 6 nitrogen and oxygen atoms in total. The van der Waals surface area contributed by atoms with Gasteiger partial charge >= 0.3 is 0 Å². The van der Waals surface area contributed by atoms with Crippen LogP contribution < -0.4 is 10.7 Å². The summed E-state index contributed by atoms with van der Waals surface area (Å²) in [6.45, 7) is 2.45. The van der Waals surface area contributed by atoms with Crippen molar-refractivity contribution in [1.82, 2.24) is 15.1 Å². The summed E-state index contributed by atoms with van der Waals surface area (Å²) in [5.74, 6) is 0.313. The van der Waals surface area contributed by atoms with Crippen molar-refractivity contribution in [2.45, 2.75) is 6.92 Å². The minimum absolute atomic E-state index is 0.135. The Morgan fingerprint density at radius 3 is 2.77 bits per heavy atom. The molecule has 1 N–H and O–H groups in total. The highest BCUT2D eigenvalue weighted by molar-refractivity contribution is 8.14. The van der Waals surface area contributed by atoms with Crippen molar-refractivity contribution in [3.8, 4) is 5.69 Å². The normalized spacial score (nSPS) is 13.8. The van der Waals surface area contributed by atoms with Gasteiger partial charge in [-0.2, -0.15) is 5.10 Å². The number of thioether (sulfide) groups is 1. The average molecular weight is 314 g/mol. The first kappa shape index (κ1) is 14.5. The molecule has 0 saturated heterocycles. The molecule has 0 saturated carbocycles. The van der Waals surface area contributed by atoms with Gasteiger partial charge in [0.25, 0.3) is 5.91 Å². The van der Waals surface area contributed by atoms with E-state index in [1.807, 2.05) is 30.3 Å². The van der Waals surface area contributed by atoms with Crippen molar-refractivity contribution in [1.29, 1.82) is 0 Å². The van der Waals surface area contributed by atoms with Gasteiger partial charge in [0, 0.05) is 17.5 Å². The molecular formula is C15H14N4O2S. The molecule has 1 aliphatic rings. The van der Waals surface area contributed by atoms with Crippen LogP contribution in [0.2, 0.25) is 0 Å². The number of nitrogens with zero attached hydrogens (tertiary/aromatic N) is 3. The van der Waals surface area contributed by atoms with E-state index in [9.17, 15) is 9.59 Å². The van der Waals surface area contributed by atoms with Crippen molar-refractivity contribution in [2.24, 2.45) is 4.99 Å². The Kier molecular flexibility index (Phi) is 4.06. The quantitative estimate of drug-likeness (QED) is 0.908. The summed E-state index contributed by atoms with van der Waals surface area (Å²) in [5, 5.41) is 7.38. The van der Waals surface area contributed by atoms with Gasteiger partial charge in [-0.3, -0.25) is 19.9 Å². The number of aryl methyl sites for hydroxylation is 1. The number of benzene rings is 1. The zero-order valence-corrected chi connectivity index (χ0v) is 12.8. The maximum absolute atomic E-state index is 12.2. The summed E-state index contributed by atoms with van der Waals surface area (Å²) >= 11 is 1.46. The van der Waals surface area contributed by atoms with Crippen LogP contribution in [0.1, 0.15) is 16.2 Å². The second kappa shape index (κ2) is 6.15. The number of carbonyl (C=O) groups excluding carboxylic acids is 1.